The van der Waals surface area contributed by atoms with Crippen LogP contribution >= 0.6 is 11.8 Å². The highest BCUT2D eigenvalue weighted by atomic mass is 32.2. The number of likely N-dealkylation sites (tertiary alicyclic amines) is 1. The highest BCUT2D eigenvalue weighted by Gasteiger charge is 2.43. The van der Waals surface area contributed by atoms with Gasteiger partial charge in [0.05, 0.1) is 42.9 Å². The summed E-state index contributed by atoms with van der Waals surface area (Å²) in [5.74, 6) is -0.791. The van der Waals surface area contributed by atoms with Crippen LogP contribution in [-0.2, 0) is 23.9 Å². The van der Waals surface area contributed by atoms with E-state index in [9.17, 15) is 14.4 Å². The molecule has 9 heteroatoms. The summed E-state index contributed by atoms with van der Waals surface area (Å²) in [4.78, 5) is 48.1. The number of benzene rings is 2. The number of hydrogen-bond donors (Lipinski definition) is 0. The van der Waals surface area contributed by atoms with Crippen LogP contribution in [0.3, 0.4) is 0 Å². The molecule has 5 rings (SSSR count). The van der Waals surface area contributed by atoms with Crippen LogP contribution in [0.5, 0.6) is 0 Å². The lowest BCUT2D eigenvalue weighted by Crippen LogP contribution is -2.42. The van der Waals surface area contributed by atoms with Crippen molar-refractivity contribution in [3.8, 4) is 0 Å². The second-order valence-corrected chi connectivity index (χ2v) is 11.1. The summed E-state index contributed by atoms with van der Waals surface area (Å²) in [6, 6.07) is 17.2. The van der Waals surface area contributed by atoms with Gasteiger partial charge < -0.3 is 19.3 Å². The predicted molar refractivity (Wildman–Crippen MR) is 159 cm³/mol. The number of rotatable bonds is 8. The van der Waals surface area contributed by atoms with Gasteiger partial charge in [0.25, 0.3) is 0 Å². The number of carbonyl (C=O) groups is 3. The first-order valence-electron chi connectivity index (χ1n) is 14.1. The minimum atomic E-state index is -0.514. The van der Waals surface area contributed by atoms with E-state index in [4.69, 9.17) is 14.5 Å². The Morgan fingerprint density at radius 1 is 0.976 bits per heavy atom. The van der Waals surface area contributed by atoms with E-state index in [0.29, 0.717) is 49.0 Å². The number of carbonyl (C=O) groups excluding carboxylic acids is 3. The number of fused-ring (bicyclic) bond motifs is 1. The van der Waals surface area contributed by atoms with E-state index in [-0.39, 0.29) is 30.8 Å². The van der Waals surface area contributed by atoms with Crippen molar-refractivity contribution in [1.82, 2.24) is 9.80 Å². The molecule has 0 bridgehead atoms. The highest BCUT2D eigenvalue weighted by Crippen LogP contribution is 2.47. The third-order valence-electron chi connectivity index (χ3n) is 7.51. The van der Waals surface area contributed by atoms with Crippen LogP contribution in [0.2, 0.25) is 0 Å². The highest BCUT2D eigenvalue weighted by molar-refractivity contribution is 8.16. The van der Waals surface area contributed by atoms with E-state index in [1.165, 1.54) is 11.8 Å². The molecule has 0 aromatic heterocycles. The van der Waals surface area contributed by atoms with Crippen LogP contribution in [0.1, 0.15) is 55.8 Å². The summed E-state index contributed by atoms with van der Waals surface area (Å²) in [5.41, 5.74) is 4.63. The molecule has 2 aromatic carbocycles. The first kappa shape index (κ1) is 28.7. The van der Waals surface area contributed by atoms with Gasteiger partial charge in [-0.3, -0.25) is 9.59 Å². The number of amides is 1. The second kappa shape index (κ2) is 12.8. The molecule has 0 N–H and O–H groups in total. The standard InChI is InChI=1S/C32H35N3O5S/c1-4-39-30(37)23-14-16-34(17-15-23)26(36)19-25-20-41-32-33-28(22-11-7-6-8-12-22)27(31(38)40-5-2)29(35(25)32)24-13-9-10-21(3)18-24/h6-13,18,20,23,29H,4-5,14-17,19H2,1-3H3. The summed E-state index contributed by atoms with van der Waals surface area (Å²) in [5, 5.41) is 2.67. The second-order valence-electron chi connectivity index (χ2n) is 10.2. The monoisotopic (exact) mass is 573 g/mol. The SMILES string of the molecule is CCOC(=O)C1=C(c2ccccc2)N=C2SC=C(CC(=O)N3CCC(C(=O)OCC)CC3)N2C1c1cccc(C)c1. The maximum Gasteiger partial charge on any atom is 0.338 e. The van der Waals surface area contributed by atoms with Crippen molar-refractivity contribution in [2.75, 3.05) is 26.3 Å². The van der Waals surface area contributed by atoms with E-state index in [1.54, 1.807) is 13.8 Å². The molecule has 0 radical (unpaired) electrons. The summed E-state index contributed by atoms with van der Waals surface area (Å²) in [6.45, 7) is 7.23. The van der Waals surface area contributed by atoms with Crippen LogP contribution in [0.25, 0.3) is 5.70 Å². The molecule has 3 aliphatic heterocycles. The third-order valence-corrected chi connectivity index (χ3v) is 8.40. The third kappa shape index (κ3) is 6.10. The molecule has 3 heterocycles. The summed E-state index contributed by atoms with van der Waals surface area (Å²) < 4.78 is 10.8. The molecule has 214 valence electrons. The molecule has 2 aromatic rings. The number of thioether (sulfide) groups is 1. The molecule has 41 heavy (non-hydrogen) atoms. The zero-order chi connectivity index (χ0) is 28.9. The Balaban J connectivity index is 1.47. The van der Waals surface area contributed by atoms with Gasteiger partial charge >= 0.3 is 11.9 Å². The van der Waals surface area contributed by atoms with Gasteiger partial charge in [0.1, 0.15) is 0 Å². The zero-order valence-corrected chi connectivity index (χ0v) is 24.5. The lowest BCUT2D eigenvalue weighted by Gasteiger charge is -2.37. The molecular weight excluding hydrogens is 538 g/mol. The van der Waals surface area contributed by atoms with E-state index in [1.807, 2.05) is 70.7 Å². The lowest BCUT2D eigenvalue weighted by molar-refractivity contribution is -0.151. The van der Waals surface area contributed by atoms with Crippen molar-refractivity contribution in [3.63, 3.8) is 0 Å². The Hall–Kier alpha value is -3.85. The van der Waals surface area contributed by atoms with Crippen LogP contribution in [-0.4, -0.2) is 59.1 Å². The quantitative estimate of drug-likeness (QED) is 0.388. The van der Waals surface area contributed by atoms with Gasteiger partial charge in [-0.2, -0.15) is 0 Å². The first-order chi connectivity index (χ1) is 19.9. The fourth-order valence-electron chi connectivity index (χ4n) is 5.54. The molecule has 0 saturated carbocycles. The minimum absolute atomic E-state index is 0.0149. The molecule has 0 aliphatic carbocycles. The van der Waals surface area contributed by atoms with Crippen molar-refractivity contribution < 1.29 is 23.9 Å². The summed E-state index contributed by atoms with van der Waals surface area (Å²) in [7, 11) is 0. The predicted octanol–water partition coefficient (Wildman–Crippen LogP) is 5.46. The van der Waals surface area contributed by atoms with E-state index in [0.717, 1.165) is 22.4 Å². The normalized spacial score (nSPS) is 19.0. The molecule has 1 saturated heterocycles. The average Bonchev–Trinajstić information content (AvgIpc) is 3.39. The average molecular weight is 574 g/mol. The Labute approximate surface area is 245 Å². The molecule has 1 amide bonds. The Morgan fingerprint density at radius 2 is 1.71 bits per heavy atom. The van der Waals surface area contributed by atoms with Crippen molar-refractivity contribution in [1.29, 1.82) is 0 Å². The molecule has 0 spiro atoms. The van der Waals surface area contributed by atoms with E-state index in [2.05, 4.69) is 6.07 Å². The number of amidine groups is 1. The van der Waals surface area contributed by atoms with Crippen molar-refractivity contribution in [3.05, 3.63) is 88.0 Å². The number of aliphatic imine (C=N–C) groups is 1. The molecule has 3 aliphatic rings. The lowest BCUT2D eigenvalue weighted by atomic mass is 9.90. The molecule has 8 nitrogen and oxygen atoms in total. The number of nitrogens with zero attached hydrogens (tertiary/aromatic N) is 3. The van der Waals surface area contributed by atoms with Crippen LogP contribution in [0.15, 0.2) is 76.3 Å². The van der Waals surface area contributed by atoms with Gasteiger partial charge in [-0.05, 0) is 44.6 Å². The van der Waals surface area contributed by atoms with Crippen LogP contribution in [0.4, 0.5) is 0 Å². The van der Waals surface area contributed by atoms with Crippen molar-refractivity contribution in [2.24, 2.45) is 10.9 Å². The summed E-state index contributed by atoms with van der Waals surface area (Å²) in [6.07, 6.45) is 1.35. The van der Waals surface area contributed by atoms with Crippen molar-refractivity contribution in [2.45, 2.75) is 46.1 Å². The van der Waals surface area contributed by atoms with E-state index >= 15 is 0 Å². The van der Waals surface area contributed by atoms with Crippen molar-refractivity contribution >= 4 is 40.5 Å². The zero-order valence-electron chi connectivity index (χ0n) is 23.7. The first-order valence-corrected chi connectivity index (χ1v) is 15.0. The fraction of sp³-hybridized carbons (Fsp3) is 0.375. The molecule has 1 unspecified atom stereocenters. The molecule has 1 fully saturated rings. The number of aryl methyl sites for hydroxylation is 1. The Bertz CT molecular complexity index is 1410. The fourth-order valence-corrected chi connectivity index (χ4v) is 6.45. The van der Waals surface area contributed by atoms with Crippen LogP contribution < -0.4 is 0 Å². The number of ether oxygens (including phenoxy) is 2. The largest absolute Gasteiger partial charge is 0.466 e. The Morgan fingerprint density at radius 3 is 2.39 bits per heavy atom. The smallest absolute Gasteiger partial charge is 0.338 e. The minimum Gasteiger partial charge on any atom is -0.466 e. The molecular formula is C32H35N3O5S. The number of hydrogen-bond acceptors (Lipinski definition) is 8. The van der Waals surface area contributed by atoms with Gasteiger partial charge in [-0.25, -0.2) is 9.79 Å². The Kier molecular flexibility index (Phi) is 8.93. The van der Waals surface area contributed by atoms with E-state index < -0.39 is 12.0 Å². The maximum atomic E-state index is 13.6. The summed E-state index contributed by atoms with van der Waals surface area (Å²) >= 11 is 1.46. The van der Waals surface area contributed by atoms with Gasteiger partial charge in [-0.15, -0.1) is 0 Å². The molecule has 1 atom stereocenters. The maximum absolute atomic E-state index is 13.6. The topological polar surface area (TPSA) is 88.5 Å². The number of esters is 2. The van der Waals surface area contributed by atoms with Gasteiger partial charge in [0.15, 0.2) is 5.17 Å². The number of piperidine rings is 1. The van der Waals surface area contributed by atoms with Crippen LogP contribution in [0, 0.1) is 12.8 Å². The van der Waals surface area contributed by atoms with Gasteiger partial charge in [0, 0.05) is 24.4 Å². The van der Waals surface area contributed by atoms with Gasteiger partial charge in [0.2, 0.25) is 5.91 Å². The van der Waals surface area contributed by atoms with Gasteiger partial charge in [-0.1, -0.05) is 71.9 Å².